The van der Waals surface area contributed by atoms with Gasteiger partial charge in [-0.2, -0.15) is 0 Å². The van der Waals surface area contributed by atoms with Crippen molar-refractivity contribution in [2.45, 2.75) is 0 Å². The summed E-state index contributed by atoms with van der Waals surface area (Å²) in [6.45, 7) is 13.7. The van der Waals surface area contributed by atoms with Gasteiger partial charge in [-0.25, -0.2) is 0 Å². The number of hydrogen-bond acceptors (Lipinski definition) is 10. The lowest BCUT2D eigenvalue weighted by Gasteiger charge is -2.08. The molecule has 0 amide bonds. The minimum atomic E-state index is 0.509. The molecule has 0 aromatic rings. The van der Waals surface area contributed by atoms with Gasteiger partial charge in [0.05, 0.1) is 112 Å². The van der Waals surface area contributed by atoms with Crippen LogP contribution in [0.4, 0.5) is 0 Å². The lowest BCUT2D eigenvalue weighted by Crippen LogP contribution is -2.17. The molecule has 0 fully saturated rings. The molecule has 0 atom stereocenters. The Balaban J connectivity index is 2.98. The van der Waals surface area contributed by atoms with E-state index >= 15 is 0 Å². The summed E-state index contributed by atoms with van der Waals surface area (Å²) in [4.78, 5) is 0. The molecule has 10 heteroatoms. The Hall–Kier alpha value is -0.820. The summed E-state index contributed by atoms with van der Waals surface area (Å²) in [5.74, 6) is 0. The first-order valence-corrected chi connectivity index (χ1v) is 10.9. The fraction of sp³-hybridized carbons (Fsp3) is 0.905. The van der Waals surface area contributed by atoms with E-state index in [4.69, 9.17) is 42.6 Å². The molecule has 0 saturated heterocycles. The van der Waals surface area contributed by atoms with Crippen molar-refractivity contribution in [1.29, 1.82) is 0 Å². The Morgan fingerprint density at radius 1 is 0.452 bits per heavy atom. The van der Waals surface area contributed by atoms with Crippen LogP contribution in [-0.2, 0) is 42.6 Å². The van der Waals surface area contributed by atoms with E-state index in [0.717, 1.165) is 6.54 Å². The molecule has 0 aromatic carbocycles. The summed E-state index contributed by atoms with van der Waals surface area (Å²) in [6.07, 6.45) is 1.40. The minimum Gasteiger partial charge on any atom is -0.499 e. The zero-order valence-corrected chi connectivity index (χ0v) is 19.2. The van der Waals surface area contributed by atoms with Crippen LogP contribution in [-0.4, -0.2) is 126 Å². The van der Waals surface area contributed by atoms with E-state index in [1.165, 1.54) is 6.26 Å². The number of rotatable bonds is 28. The van der Waals surface area contributed by atoms with E-state index in [9.17, 15) is 0 Å². The topological polar surface area (TPSA) is 95.1 Å². The molecule has 1 N–H and O–H groups in total. The van der Waals surface area contributed by atoms with Gasteiger partial charge in [-0.3, -0.25) is 0 Å². The predicted octanol–water partition coefficient (Wildman–Crippen LogP) is 0.499. The van der Waals surface area contributed by atoms with Gasteiger partial charge in [-0.1, -0.05) is 6.58 Å². The van der Waals surface area contributed by atoms with E-state index in [0.29, 0.717) is 112 Å². The fourth-order valence-electron chi connectivity index (χ4n) is 2.01. The monoisotopic (exact) mass is 453 g/mol. The number of ether oxygens (including phenoxy) is 9. The fourth-order valence-corrected chi connectivity index (χ4v) is 2.01. The third kappa shape index (κ3) is 29.2. The summed E-state index contributed by atoms with van der Waals surface area (Å²) < 4.78 is 48.0. The molecule has 31 heavy (non-hydrogen) atoms. The first-order chi connectivity index (χ1) is 15.4. The zero-order chi connectivity index (χ0) is 22.5. The van der Waals surface area contributed by atoms with E-state index < -0.39 is 0 Å². The maximum Gasteiger partial charge on any atom is 0.111 e. The first-order valence-electron chi connectivity index (χ1n) is 10.9. The normalized spacial score (nSPS) is 11.1. The van der Waals surface area contributed by atoms with Crippen molar-refractivity contribution in [2.24, 2.45) is 0 Å². The summed E-state index contributed by atoms with van der Waals surface area (Å²) in [5.41, 5.74) is 0. The van der Waals surface area contributed by atoms with E-state index in [-0.39, 0.29) is 0 Å². The van der Waals surface area contributed by atoms with Crippen LogP contribution < -0.4 is 5.32 Å². The van der Waals surface area contributed by atoms with Gasteiger partial charge in [-0.05, 0) is 7.05 Å². The zero-order valence-electron chi connectivity index (χ0n) is 19.2. The molecule has 0 aliphatic rings. The molecule has 186 valence electrons. The molecule has 0 unspecified atom stereocenters. The van der Waals surface area contributed by atoms with Crippen LogP contribution in [0.15, 0.2) is 12.8 Å². The second-order valence-corrected chi connectivity index (χ2v) is 6.04. The average Bonchev–Trinajstić information content (AvgIpc) is 2.78. The summed E-state index contributed by atoms with van der Waals surface area (Å²) in [6, 6.07) is 0. The minimum absolute atomic E-state index is 0.509. The first kappa shape index (κ1) is 30.2. The lowest BCUT2D eigenvalue weighted by molar-refractivity contribution is -0.0238. The second kappa shape index (κ2) is 29.2. The molecule has 0 bridgehead atoms. The van der Waals surface area contributed by atoms with Crippen LogP contribution in [0.3, 0.4) is 0 Å². The van der Waals surface area contributed by atoms with Gasteiger partial charge in [0.25, 0.3) is 0 Å². The Bertz CT molecular complexity index is 338. The maximum atomic E-state index is 5.43. The van der Waals surface area contributed by atoms with Crippen LogP contribution in [0.2, 0.25) is 0 Å². The third-order valence-corrected chi connectivity index (χ3v) is 3.56. The standard InChI is InChI=1S/C21H43NO9/c1-3-23-6-7-25-10-11-27-14-15-29-18-19-31-21-20-30-17-16-28-13-12-26-9-8-24-5-4-22-2/h3,22H,1,4-21H2,2H3. The van der Waals surface area contributed by atoms with Crippen molar-refractivity contribution in [2.75, 3.05) is 126 Å². The highest BCUT2D eigenvalue weighted by Gasteiger charge is 1.95. The molecule has 0 saturated carbocycles. The van der Waals surface area contributed by atoms with E-state index in [2.05, 4.69) is 11.9 Å². The van der Waals surface area contributed by atoms with Crippen molar-refractivity contribution in [3.8, 4) is 0 Å². The van der Waals surface area contributed by atoms with Crippen LogP contribution in [0.5, 0.6) is 0 Å². The summed E-state index contributed by atoms with van der Waals surface area (Å²) in [7, 11) is 1.90. The van der Waals surface area contributed by atoms with Crippen LogP contribution in [0, 0.1) is 0 Å². The SMILES string of the molecule is C=COCCOCCOCCOCCOCCOCCOCCOCCOCCNC. The molecule has 0 aromatic heterocycles. The smallest absolute Gasteiger partial charge is 0.111 e. The van der Waals surface area contributed by atoms with E-state index in [1.807, 2.05) is 7.05 Å². The Morgan fingerprint density at radius 2 is 0.710 bits per heavy atom. The van der Waals surface area contributed by atoms with Crippen molar-refractivity contribution < 1.29 is 42.6 Å². The lowest BCUT2D eigenvalue weighted by atomic mass is 10.6. The average molecular weight is 454 g/mol. The van der Waals surface area contributed by atoms with Crippen LogP contribution in [0.1, 0.15) is 0 Å². The summed E-state index contributed by atoms with van der Waals surface area (Å²) in [5, 5.41) is 3.01. The summed E-state index contributed by atoms with van der Waals surface area (Å²) >= 11 is 0. The van der Waals surface area contributed by atoms with Gasteiger partial charge < -0.3 is 47.9 Å². The molecule has 10 nitrogen and oxygen atoms in total. The number of nitrogens with one attached hydrogen (secondary N) is 1. The van der Waals surface area contributed by atoms with Gasteiger partial charge in [0.1, 0.15) is 6.61 Å². The Labute approximate surface area is 187 Å². The van der Waals surface area contributed by atoms with Gasteiger partial charge >= 0.3 is 0 Å². The Kier molecular flexibility index (Phi) is 28.4. The number of likely N-dealkylation sites (N-methyl/N-ethyl adjacent to an activating group) is 1. The predicted molar refractivity (Wildman–Crippen MR) is 117 cm³/mol. The van der Waals surface area contributed by atoms with Crippen molar-refractivity contribution >= 4 is 0 Å². The van der Waals surface area contributed by atoms with Crippen molar-refractivity contribution in [3.05, 3.63) is 12.8 Å². The van der Waals surface area contributed by atoms with Gasteiger partial charge in [-0.15, -0.1) is 0 Å². The number of hydrogen-bond donors (Lipinski definition) is 1. The molecular formula is C21H43NO9. The second-order valence-electron chi connectivity index (χ2n) is 6.04. The molecule has 0 radical (unpaired) electrons. The van der Waals surface area contributed by atoms with Crippen molar-refractivity contribution in [3.63, 3.8) is 0 Å². The largest absolute Gasteiger partial charge is 0.499 e. The molecule has 0 aliphatic heterocycles. The van der Waals surface area contributed by atoms with Crippen molar-refractivity contribution in [1.82, 2.24) is 5.32 Å². The molecule has 0 rings (SSSR count). The molecule has 0 heterocycles. The maximum absolute atomic E-state index is 5.43. The highest BCUT2D eigenvalue weighted by atomic mass is 16.6. The molecular weight excluding hydrogens is 410 g/mol. The van der Waals surface area contributed by atoms with Gasteiger partial charge in [0.15, 0.2) is 0 Å². The van der Waals surface area contributed by atoms with Crippen LogP contribution in [0.25, 0.3) is 0 Å². The van der Waals surface area contributed by atoms with E-state index in [1.54, 1.807) is 0 Å². The highest BCUT2D eigenvalue weighted by Crippen LogP contribution is 1.86. The third-order valence-electron chi connectivity index (χ3n) is 3.56. The molecule has 0 aliphatic carbocycles. The van der Waals surface area contributed by atoms with Gasteiger partial charge in [0.2, 0.25) is 0 Å². The van der Waals surface area contributed by atoms with Gasteiger partial charge in [0, 0.05) is 6.54 Å². The Morgan fingerprint density at radius 3 is 0.968 bits per heavy atom. The molecule has 0 spiro atoms. The quantitative estimate of drug-likeness (QED) is 0.133. The van der Waals surface area contributed by atoms with Crippen LogP contribution >= 0.6 is 0 Å². The highest BCUT2D eigenvalue weighted by molar-refractivity contribution is 4.47.